The number of carbonyl (C=O) groups is 2. The molecule has 0 aliphatic heterocycles. The van der Waals surface area contributed by atoms with E-state index in [-0.39, 0.29) is 16.7 Å². The molecule has 1 aliphatic carbocycles. The van der Waals surface area contributed by atoms with Gasteiger partial charge in [-0.3, -0.25) is 0 Å². The predicted octanol–water partition coefficient (Wildman–Crippen LogP) is 2.23. The van der Waals surface area contributed by atoms with E-state index in [0.717, 1.165) is 19.3 Å². The SMILES string of the molecule is O=C(O)c1ccc(C(=O)O)c(C2(O)CCCCC2)c1. The molecule has 1 saturated carbocycles. The van der Waals surface area contributed by atoms with Crippen molar-refractivity contribution in [2.24, 2.45) is 0 Å². The summed E-state index contributed by atoms with van der Waals surface area (Å²) in [6, 6.07) is 3.80. The Morgan fingerprint density at radius 1 is 1.00 bits per heavy atom. The van der Waals surface area contributed by atoms with Gasteiger partial charge in [-0.05, 0) is 36.6 Å². The quantitative estimate of drug-likeness (QED) is 0.778. The Labute approximate surface area is 110 Å². The molecular formula is C14H16O5. The van der Waals surface area contributed by atoms with Gasteiger partial charge in [-0.25, -0.2) is 9.59 Å². The number of benzene rings is 1. The minimum Gasteiger partial charge on any atom is -0.478 e. The molecule has 1 aromatic carbocycles. The zero-order valence-electron chi connectivity index (χ0n) is 10.4. The van der Waals surface area contributed by atoms with Gasteiger partial charge in [0, 0.05) is 0 Å². The molecule has 0 aromatic heterocycles. The molecule has 0 unspecified atom stereocenters. The van der Waals surface area contributed by atoms with Crippen molar-refractivity contribution in [3.8, 4) is 0 Å². The van der Waals surface area contributed by atoms with E-state index in [1.807, 2.05) is 0 Å². The Morgan fingerprint density at radius 3 is 2.16 bits per heavy atom. The Hall–Kier alpha value is -1.88. The van der Waals surface area contributed by atoms with Crippen LogP contribution in [0.3, 0.4) is 0 Å². The number of hydrogen-bond donors (Lipinski definition) is 3. The van der Waals surface area contributed by atoms with Crippen molar-refractivity contribution >= 4 is 11.9 Å². The van der Waals surface area contributed by atoms with Crippen LogP contribution in [0.1, 0.15) is 58.4 Å². The standard InChI is InChI=1S/C14H16O5/c15-12(16)9-4-5-10(13(17)18)11(8-9)14(19)6-2-1-3-7-14/h4-5,8,19H,1-3,6-7H2,(H,15,16)(H,17,18). The fourth-order valence-electron chi connectivity index (χ4n) is 2.65. The normalized spacial score (nSPS) is 17.9. The van der Waals surface area contributed by atoms with Crippen LogP contribution in [0.5, 0.6) is 0 Å². The van der Waals surface area contributed by atoms with Gasteiger partial charge >= 0.3 is 11.9 Å². The maximum absolute atomic E-state index is 11.2. The highest BCUT2D eigenvalue weighted by molar-refractivity contribution is 5.93. The number of aromatic carboxylic acids is 2. The molecule has 5 heteroatoms. The van der Waals surface area contributed by atoms with Gasteiger partial charge in [0.15, 0.2) is 0 Å². The predicted molar refractivity (Wildman–Crippen MR) is 67.3 cm³/mol. The first-order chi connectivity index (χ1) is 8.94. The third-order valence-corrected chi connectivity index (χ3v) is 3.68. The van der Waals surface area contributed by atoms with Gasteiger partial charge in [-0.2, -0.15) is 0 Å². The molecule has 0 radical (unpaired) electrons. The highest BCUT2D eigenvalue weighted by Gasteiger charge is 2.35. The monoisotopic (exact) mass is 264 g/mol. The summed E-state index contributed by atoms with van der Waals surface area (Å²) in [4.78, 5) is 22.2. The van der Waals surface area contributed by atoms with Crippen LogP contribution < -0.4 is 0 Å². The summed E-state index contributed by atoms with van der Waals surface area (Å²) in [5.74, 6) is -2.27. The van der Waals surface area contributed by atoms with Crippen LogP contribution in [0, 0.1) is 0 Å². The fourth-order valence-corrected chi connectivity index (χ4v) is 2.65. The van der Waals surface area contributed by atoms with Crippen LogP contribution >= 0.6 is 0 Å². The van der Waals surface area contributed by atoms with Crippen LogP contribution in [0.2, 0.25) is 0 Å². The molecule has 0 atom stereocenters. The van der Waals surface area contributed by atoms with E-state index in [9.17, 15) is 19.8 Å². The molecule has 2 rings (SSSR count). The lowest BCUT2D eigenvalue weighted by Gasteiger charge is -2.33. The van der Waals surface area contributed by atoms with E-state index in [4.69, 9.17) is 5.11 Å². The molecule has 0 saturated heterocycles. The van der Waals surface area contributed by atoms with Crippen LogP contribution in [-0.2, 0) is 5.60 Å². The van der Waals surface area contributed by atoms with Crippen molar-refractivity contribution in [1.29, 1.82) is 0 Å². The number of rotatable bonds is 3. The Morgan fingerprint density at radius 2 is 1.63 bits per heavy atom. The lowest BCUT2D eigenvalue weighted by Crippen LogP contribution is -2.31. The van der Waals surface area contributed by atoms with Crippen molar-refractivity contribution in [3.63, 3.8) is 0 Å². The van der Waals surface area contributed by atoms with Crippen molar-refractivity contribution < 1.29 is 24.9 Å². The zero-order chi connectivity index (χ0) is 14.0. The van der Waals surface area contributed by atoms with Gasteiger partial charge in [0.05, 0.1) is 16.7 Å². The highest BCUT2D eigenvalue weighted by Crippen LogP contribution is 2.39. The summed E-state index contributed by atoms with van der Waals surface area (Å²) >= 11 is 0. The van der Waals surface area contributed by atoms with E-state index in [0.29, 0.717) is 12.8 Å². The lowest BCUT2D eigenvalue weighted by atomic mass is 9.77. The molecule has 0 amide bonds. The summed E-state index contributed by atoms with van der Waals surface area (Å²) < 4.78 is 0. The molecule has 102 valence electrons. The summed E-state index contributed by atoms with van der Waals surface area (Å²) in [5, 5.41) is 28.8. The number of hydrogen-bond acceptors (Lipinski definition) is 3. The largest absolute Gasteiger partial charge is 0.478 e. The van der Waals surface area contributed by atoms with E-state index >= 15 is 0 Å². The van der Waals surface area contributed by atoms with Gasteiger partial charge in [-0.15, -0.1) is 0 Å². The first-order valence-electron chi connectivity index (χ1n) is 6.27. The number of aliphatic hydroxyl groups is 1. The summed E-state index contributed by atoms with van der Waals surface area (Å²) in [6.45, 7) is 0. The van der Waals surface area contributed by atoms with Gasteiger partial charge in [-0.1, -0.05) is 19.3 Å². The van der Waals surface area contributed by atoms with Gasteiger partial charge in [0.1, 0.15) is 0 Å². The average Bonchev–Trinajstić information content (AvgIpc) is 2.38. The van der Waals surface area contributed by atoms with E-state index in [1.165, 1.54) is 18.2 Å². The molecule has 0 spiro atoms. The van der Waals surface area contributed by atoms with Gasteiger partial charge < -0.3 is 15.3 Å². The molecule has 19 heavy (non-hydrogen) atoms. The summed E-state index contributed by atoms with van der Waals surface area (Å²) in [5.41, 5.74) is -1.02. The van der Waals surface area contributed by atoms with Crippen molar-refractivity contribution in [2.45, 2.75) is 37.7 Å². The van der Waals surface area contributed by atoms with E-state index < -0.39 is 17.5 Å². The van der Waals surface area contributed by atoms with E-state index in [1.54, 1.807) is 0 Å². The molecule has 1 aliphatic rings. The van der Waals surface area contributed by atoms with Gasteiger partial charge in [0.25, 0.3) is 0 Å². The summed E-state index contributed by atoms with van der Waals surface area (Å²) in [6.07, 6.45) is 3.57. The molecule has 0 heterocycles. The molecule has 0 bridgehead atoms. The van der Waals surface area contributed by atoms with Crippen molar-refractivity contribution in [2.75, 3.05) is 0 Å². The third-order valence-electron chi connectivity index (χ3n) is 3.68. The Bertz CT molecular complexity index is 515. The Kier molecular flexibility index (Phi) is 3.57. The minimum atomic E-state index is -1.22. The molecule has 1 fully saturated rings. The molecule has 5 nitrogen and oxygen atoms in total. The second-order valence-corrected chi connectivity index (χ2v) is 4.96. The topological polar surface area (TPSA) is 94.8 Å². The molecular weight excluding hydrogens is 248 g/mol. The van der Waals surface area contributed by atoms with Crippen LogP contribution in [0.15, 0.2) is 18.2 Å². The van der Waals surface area contributed by atoms with E-state index in [2.05, 4.69) is 0 Å². The third kappa shape index (κ3) is 2.61. The van der Waals surface area contributed by atoms with Gasteiger partial charge in [0.2, 0.25) is 0 Å². The fraction of sp³-hybridized carbons (Fsp3) is 0.429. The maximum atomic E-state index is 11.2. The smallest absolute Gasteiger partial charge is 0.336 e. The first-order valence-corrected chi connectivity index (χ1v) is 6.27. The minimum absolute atomic E-state index is 0.000927. The van der Waals surface area contributed by atoms with Crippen molar-refractivity contribution in [3.05, 3.63) is 34.9 Å². The average molecular weight is 264 g/mol. The zero-order valence-corrected chi connectivity index (χ0v) is 10.4. The van der Waals surface area contributed by atoms with Crippen LogP contribution in [0.25, 0.3) is 0 Å². The number of carboxylic acids is 2. The lowest BCUT2D eigenvalue weighted by molar-refractivity contribution is -0.00204. The molecule has 1 aromatic rings. The maximum Gasteiger partial charge on any atom is 0.336 e. The Balaban J connectivity index is 2.54. The second kappa shape index (κ2) is 5.01. The number of carboxylic acid groups (broad SMARTS) is 2. The second-order valence-electron chi connectivity index (χ2n) is 4.96. The summed E-state index contributed by atoms with van der Waals surface area (Å²) in [7, 11) is 0. The van der Waals surface area contributed by atoms with Crippen molar-refractivity contribution in [1.82, 2.24) is 0 Å². The van der Waals surface area contributed by atoms with Crippen LogP contribution in [-0.4, -0.2) is 27.3 Å². The van der Waals surface area contributed by atoms with Crippen LogP contribution in [0.4, 0.5) is 0 Å². The highest BCUT2D eigenvalue weighted by atomic mass is 16.4. The molecule has 3 N–H and O–H groups in total. The first kappa shape index (κ1) is 13.5.